The van der Waals surface area contributed by atoms with Gasteiger partial charge in [0.1, 0.15) is 5.52 Å². The van der Waals surface area contributed by atoms with Gasteiger partial charge in [-0.05, 0) is 49.2 Å². The molecule has 1 aliphatic heterocycles. The van der Waals surface area contributed by atoms with Crippen LogP contribution in [0, 0.1) is 0 Å². The molecule has 146 valence electrons. The monoisotopic (exact) mass is 424 g/mol. The van der Waals surface area contributed by atoms with E-state index >= 15 is 0 Å². The van der Waals surface area contributed by atoms with Gasteiger partial charge in [0, 0.05) is 34.1 Å². The van der Waals surface area contributed by atoms with Gasteiger partial charge in [0.15, 0.2) is 5.58 Å². The van der Waals surface area contributed by atoms with Gasteiger partial charge in [0.25, 0.3) is 11.8 Å². The molecule has 0 spiro atoms. The van der Waals surface area contributed by atoms with E-state index in [2.05, 4.69) is 4.98 Å². The van der Waals surface area contributed by atoms with Gasteiger partial charge in [0.2, 0.25) is 5.89 Å². The highest BCUT2D eigenvalue weighted by Gasteiger charge is 2.35. The summed E-state index contributed by atoms with van der Waals surface area (Å²) < 4.78 is 33.5. The van der Waals surface area contributed by atoms with Crippen LogP contribution < -0.4 is 0 Å². The van der Waals surface area contributed by atoms with Crippen LogP contribution in [0.2, 0.25) is 10.0 Å². The first-order valence-corrected chi connectivity index (χ1v) is 9.60. The van der Waals surface area contributed by atoms with Gasteiger partial charge in [0.05, 0.1) is 6.54 Å². The molecular weight excluding hydrogens is 409 g/mol. The first-order chi connectivity index (χ1) is 13.3. The Morgan fingerprint density at radius 3 is 2.61 bits per heavy atom. The van der Waals surface area contributed by atoms with Crippen LogP contribution in [0.3, 0.4) is 0 Å². The van der Waals surface area contributed by atoms with Gasteiger partial charge in [-0.3, -0.25) is 4.79 Å². The maximum absolute atomic E-state index is 13.9. The number of rotatable bonds is 2. The Kier molecular flexibility index (Phi) is 5.02. The minimum atomic E-state index is -2.86. The summed E-state index contributed by atoms with van der Waals surface area (Å²) in [6.45, 7) is -0.248. The van der Waals surface area contributed by atoms with Crippen molar-refractivity contribution in [2.75, 3.05) is 13.1 Å². The normalized spacial score (nSPS) is 16.9. The number of carbonyl (C=O) groups excluding carboxylic acids is 1. The Morgan fingerprint density at radius 1 is 1.11 bits per heavy atom. The second kappa shape index (κ2) is 7.33. The van der Waals surface area contributed by atoms with E-state index in [1.165, 1.54) is 11.0 Å². The molecule has 4 nitrogen and oxygen atoms in total. The molecule has 3 aromatic rings. The molecule has 0 radical (unpaired) electrons. The lowest BCUT2D eigenvalue weighted by Gasteiger charge is -2.24. The maximum Gasteiger partial charge on any atom is 0.265 e. The third kappa shape index (κ3) is 3.98. The zero-order chi connectivity index (χ0) is 19.9. The van der Waals surface area contributed by atoms with E-state index < -0.39 is 18.4 Å². The van der Waals surface area contributed by atoms with Crippen molar-refractivity contribution in [3.05, 3.63) is 52.0 Å². The predicted octanol–water partition coefficient (Wildman–Crippen LogP) is 6.06. The van der Waals surface area contributed by atoms with E-state index in [4.69, 9.17) is 27.6 Å². The molecule has 1 aromatic heterocycles. The van der Waals surface area contributed by atoms with Crippen molar-refractivity contribution in [2.24, 2.45) is 0 Å². The molecule has 0 aliphatic carbocycles. The largest absolute Gasteiger partial charge is 0.436 e. The lowest BCUT2D eigenvalue weighted by molar-refractivity contribution is -0.0257. The zero-order valence-electron chi connectivity index (χ0n) is 14.7. The van der Waals surface area contributed by atoms with Gasteiger partial charge < -0.3 is 9.32 Å². The van der Waals surface area contributed by atoms with Crippen molar-refractivity contribution in [1.29, 1.82) is 0 Å². The van der Waals surface area contributed by atoms with E-state index in [0.29, 0.717) is 52.0 Å². The molecule has 0 unspecified atom stereocenters. The highest BCUT2D eigenvalue weighted by Crippen LogP contribution is 2.31. The summed E-state index contributed by atoms with van der Waals surface area (Å²) in [5, 5.41) is 0.894. The standard InChI is InChI=1S/C20H16Cl2F2N2O2/c21-14-7-13(8-15(22)10-14)18-25-16-4-3-12(9-17(16)28-18)19(27)26-6-2-1-5-20(23,24)11-26/h3-4,7-10H,1-2,5-6,11H2. The number of fused-ring (bicyclic) bond motifs is 1. The molecule has 1 saturated heterocycles. The van der Waals surface area contributed by atoms with Crippen LogP contribution in [0.4, 0.5) is 8.78 Å². The number of amides is 1. The summed E-state index contributed by atoms with van der Waals surface area (Å²) in [6, 6.07) is 9.68. The van der Waals surface area contributed by atoms with Crippen molar-refractivity contribution >= 4 is 40.2 Å². The quantitative estimate of drug-likeness (QED) is 0.501. The van der Waals surface area contributed by atoms with E-state index in [-0.39, 0.29) is 12.0 Å². The molecule has 2 aromatic carbocycles. The number of benzene rings is 2. The summed E-state index contributed by atoms with van der Waals surface area (Å²) in [4.78, 5) is 18.3. The number of oxazole rings is 1. The van der Waals surface area contributed by atoms with Crippen LogP contribution in [-0.2, 0) is 0 Å². The number of hydrogen-bond acceptors (Lipinski definition) is 3. The third-order valence-electron chi connectivity index (χ3n) is 4.67. The molecule has 1 aliphatic rings. The minimum absolute atomic E-state index is 0.191. The van der Waals surface area contributed by atoms with Crippen molar-refractivity contribution < 1.29 is 18.0 Å². The number of nitrogens with zero attached hydrogens (tertiary/aromatic N) is 2. The van der Waals surface area contributed by atoms with Crippen molar-refractivity contribution in [3.8, 4) is 11.5 Å². The summed E-state index contributed by atoms with van der Waals surface area (Å²) in [5.74, 6) is -2.99. The number of halogens is 4. The number of hydrogen-bond donors (Lipinski definition) is 0. The van der Waals surface area contributed by atoms with Crippen LogP contribution in [0.5, 0.6) is 0 Å². The number of aromatic nitrogens is 1. The summed E-state index contributed by atoms with van der Waals surface area (Å²) in [7, 11) is 0. The summed E-state index contributed by atoms with van der Waals surface area (Å²) >= 11 is 12.0. The highest BCUT2D eigenvalue weighted by atomic mass is 35.5. The number of likely N-dealkylation sites (tertiary alicyclic amines) is 1. The Morgan fingerprint density at radius 2 is 1.86 bits per heavy atom. The molecule has 8 heteroatoms. The van der Waals surface area contributed by atoms with Gasteiger partial charge in [-0.1, -0.05) is 23.2 Å². The Bertz CT molecular complexity index is 1030. The van der Waals surface area contributed by atoms with Crippen LogP contribution in [-0.4, -0.2) is 34.8 Å². The van der Waals surface area contributed by atoms with Crippen LogP contribution >= 0.6 is 23.2 Å². The topological polar surface area (TPSA) is 46.3 Å². The Hall–Kier alpha value is -2.18. The fourth-order valence-electron chi connectivity index (χ4n) is 3.34. The molecule has 28 heavy (non-hydrogen) atoms. The predicted molar refractivity (Wildman–Crippen MR) is 104 cm³/mol. The molecule has 0 saturated carbocycles. The van der Waals surface area contributed by atoms with Crippen LogP contribution in [0.15, 0.2) is 40.8 Å². The van der Waals surface area contributed by atoms with Gasteiger partial charge in [-0.25, -0.2) is 13.8 Å². The smallest absolute Gasteiger partial charge is 0.265 e. The lowest BCUT2D eigenvalue weighted by Crippen LogP contribution is -2.39. The highest BCUT2D eigenvalue weighted by molar-refractivity contribution is 6.35. The van der Waals surface area contributed by atoms with Crippen molar-refractivity contribution in [2.45, 2.75) is 25.2 Å². The molecular formula is C20H16Cl2F2N2O2. The summed E-state index contributed by atoms with van der Waals surface area (Å²) in [6.07, 6.45) is 0.776. The molecule has 0 N–H and O–H groups in total. The molecule has 0 atom stereocenters. The lowest BCUT2D eigenvalue weighted by atomic mass is 10.1. The second-order valence-corrected chi connectivity index (χ2v) is 7.77. The fourth-order valence-corrected chi connectivity index (χ4v) is 3.86. The molecule has 1 fully saturated rings. The Labute approximate surface area is 170 Å². The van der Waals surface area contributed by atoms with Crippen molar-refractivity contribution in [3.63, 3.8) is 0 Å². The summed E-state index contributed by atoms with van der Waals surface area (Å²) in [5.41, 5.74) is 1.83. The van der Waals surface area contributed by atoms with Crippen molar-refractivity contribution in [1.82, 2.24) is 9.88 Å². The second-order valence-electron chi connectivity index (χ2n) is 6.90. The molecule has 4 rings (SSSR count). The Balaban J connectivity index is 1.65. The number of carbonyl (C=O) groups is 1. The molecule has 0 bridgehead atoms. The number of alkyl halides is 2. The molecule has 2 heterocycles. The van der Waals surface area contributed by atoms with E-state index in [0.717, 1.165) is 0 Å². The first-order valence-electron chi connectivity index (χ1n) is 8.85. The first kappa shape index (κ1) is 19.2. The minimum Gasteiger partial charge on any atom is -0.436 e. The molecule has 1 amide bonds. The van der Waals surface area contributed by atoms with E-state index in [1.54, 1.807) is 30.3 Å². The van der Waals surface area contributed by atoms with E-state index in [9.17, 15) is 13.6 Å². The maximum atomic E-state index is 13.9. The average Bonchev–Trinajstić information content (AvgIpc) is 2.97. The van der Waals surface area contributed by atoms with E-state index in [1.807, 2.05) is 0 Å². The van der Waals surface area contributed by atoms with Gasteiger partial charge >= 0.3 is 0 Å². The fraction of sp³-hybridized carbons (Fsp3) is 0.300. The zero-order valence-corrected chi connectivity index (χ0v) is 16.2. The van der Waals surface area contributed by atoms with Crippen LogP contribution in [0.25, 0.3) is 22.6 Å². The van der Waals surface area contributed by atoms with Crippen LogP contribution in [0.1, 0.15) is 29.6 Å². The van der Waals surface area contributed by atoms with Gasteiger partial charge in [-0.15, -0.1) is 0 Å². The third-order valence-corrected chi connectivity index (χ3v) is 5.11. The SMILES string of the molecule is O=C(c1ccc2nc(-c3cc(Cl)cc(Cl)c3)oc2c1)N1CCCCC(F)(F)C1. The average molecular weight is 425 g/mol. The van der Waals surface area contributed by atoms with Gasteiger partial charge in [-0.2, -0.15) is 0 Å².